The van der Waals surface area contributed by atoms with Crippen LogP contribution in [-0.4, -0.2) is 22.1 Å². The maximum absolute atomic E-state index is 12.2. The number of unbranched alkanes of at least 4 members (excludes halogenated alkanes) is 2. The highest BCUT2D eigenvalue weighted by molar-refractivity contribution is 7.86. The van der Waals surface area contributed by atoms with Crippen LogP contribution in [0.25, 0.3) is 0 Å². The molecule has 0 spiro atoms. The average Bonchev–Trinajstić information content (AvgIpc) is 3.29. The van der Waals surface area contributed by atoms with Crippen LogP contribution >= 0.6 is 0 Å². The van der Waals surface area contributed by atoms with Crippen LogP contribution in [0.3, 0.4) is 0 Å². The molecule has 0 saturated carbocycles. The lowest BCUT2D eigenvalue weighted by Crippen LogP contribution is -2.28. The molecule has 3 aromatic rings. The smallest absolute Gasteiger partial charge is 0.408 e. The SMILES string of the molecule is Cc1ccc(S(=O)(=O)OCCCC/C=C/B2N[C@H](c3ccccc3)[C@H](c3ccccc3)O2)cc1. The van der Waals surface area contributed by atoms with E-state index in [4.69, 9.17) is 8.84 Å². The number of rotatable bonds is 10. The molecule has 0 aliphatic carbocycles. The van der Waals surface area contributed by atoms with Crippen molar-refractivity contribution in [3.05, 3.63) is 114 Å². The first kappa shape index (κ1) is 24.4. The maximum Gasteiger partial charge on any atom is 0.408 e. The normalized spacial score (nSPS) is 18.6. The second-order valence-electron chi connectivity index (χ2n) is 8.46. The monoisotopic (exact) mass is 475 g/mol. The first-order valence-electron chi connectivity index (χ1n) is 11.7. The van der Waals surface area contributed by atoms with Crippen molar-refractivity contribution < 1.29 is 17.3 Å². The molecule has 1 saturated heterocycles. The molecule has 0 radical (unpaired) electrons. The van der Waals surface area contributed by atoms with Gasteiger partial charge in [-0.2, -0.15) is 8.42 Å². The van der Waals surface area contributed by atoms with Gasteiger partial charge in [0.05, 0.1) is 23.6 Å². The lowest BCUT2D eigenvalue weighted by atomic mass is 9.83. The highest BCUT2D eigenvalue weighted by Crippen LogP contribution is 2.37. The Morgan fingerprint density at radius 2 is 1.56 bits per heavy atom. The number of benzene rings is 3. The Balaban J connectivity index is 1.25. The van der Waals surface area contributed by atoms with Crippen molar-refractivity contribution in [3.63, 3.8) is 0 Å². The summed E-state index contributed by atoms with van der Waals surface area (Å²) in [5, 5.41) is 3.59. The quantitative estimate of drug-likeness (QED) is 0.236. The number of hydrogen-bond acceptors (Lipinski definition) is 5. The Hall–Kier alpha value is -2.71. The molecule has 1 N–H and O–H groups in total. The third-order valence-corrected chi connectivity index (χ3v) is 7.18. The lowest BCUT2D eigenvalue weighted by molar-refractivity contribution is 0.217. The molecule has 0 unspecified atom stereocenters. The predicted octanol–water partition coefficient (Wildman–Crippen LogP) is 5.56. The van der Waals surface area contributed by atoms with Gasteiger partial charge in [-0.25, -0.2) is 0 Å². The van der Waals surface area contributed by atoms with Crippen molar-refractivity contribution in [2.45, 2.75) is 43.2 Å². The maximum atomic E-state index is 12.2. The highest BCUT2D eigenvalue weighted by atomic mass is 32.2. The minimum atomic E-state index is -3.70. The van der Waals surface area contributed by atoms with E-state index in [9.17, 15) is 8.42 Å². The van der Waals surface area contributed by atoms with Crippen molar-refractivity contribution in [1.29, 1.82) is 0 Å². The van der Waals surface area contributed by atoms with Gasteiger partial charge in [-0.15, -0.1) is 0 Å². The summed E-state index contributed by atoms with van der Waals surface area (Å²) in [5.41, 5.74) is 3.35. The van der Waals surface area contributed by atoms with Gasteiger partial charge in [0.2, 0.25) is 0 Å². The molecule has 7 heteroatoms. The predicted molar refractivity (Wildman–Crippen MR) is 136 cm³/mol. The van der Waals surface area contributed by atoms with E-state index in [-0.39, 0.29) is 30.7 Å². The van der Waals surface area contributed by atoms with Gasteiger partial charge in [-0.05, 0) is 49.4 Å². The second kappa shape index (κ2) is 11.6. The first-order valence-corrected chi connectivity index (χ1v) is 13.1. The fourth-order valence-electron chi connectivity index (χ4n) is 4.01. The van der Waals surface area contributed by atoms with Crippen LogP contribution in [0.2, 0.25) is 0 Å². The van der Waals surface area contributed by atoms with Gasteiger partial charge < -0.3 is 9.88 Å². The van der Waals surface area contributed by atoms with E-state index >= 15 is 0 Å². The molecule has 1 aliphatic rings. The summed E-state index contributed by atoms with van der Waals surface area (Å²) in [6.45, 7) is 2.09. The molecule has 2 atom stereocenters. The van der Waals surface area contributed by atoms with E-state index in [1.165, 1.54) is 5.56 Å². The lowest BCUT2D eigenvalue weighted by Gasteiger charge is -2.20. The molecule has 5 nitrogen and oxygen atoms in total. The molecular weight excluding hydrogens is 445 g/mol. The molecular formula is C27H30BNO4S. The molecule has 34 heavy (non-hydrogen) atoms. The molecule has 1 fully saturated rings. The van der Waals surface area contributed by atoms with Crippen LogP contribution in [0.4, 0.5) is 0 Å². The zero-order valence-corrected chi connectivity index (χ0v) is 20.2. The molecule has 176 valence electrons. The minimum Gasteiger partial charge on any atom is -0.409 e. The van der Waals surface area contributed by atoms with E-state index in [1.54, 1.807) is 24.3 Å². The van der Waals surface area contributed by atoms with E-state index in [1.807, 2.05) is 49.3 Å². The van der Waals surface area contributed by atoms with Gasteiger partial charge >= 0.3 is 7.05 Å². The number of aryl methyl sites for hydroxylation is 1. The minimum absolute atomic E-state index is 0.0682. The van der Waals surface area contributed by atoms with Gasteiger partial charge in [0.15, 0.2) is 0 Å². The van der Waals surface area contributed by atoms with Crippen LogP contribution in [-0.2, 0) is 19.0 Å². The average molecular weight is 475 g/mol. The van der Waals surface area contributed by atoms with Gasteiger partial charge in [0, 0.05) is 0 Å². The molecule has 0 bridgehead atoms. The Kier molecular flexibility index (Phi) is 8.35. The molecule has 0 aromatic heterocycles. The van der Waals surface area contributed by atoms with Crippen molar-refractivity contribution in [3.8, 4) is 0 Å². The first-order chi connectivity index (χ1) is 16.5. The third kappa shape index (κ3) is 6.45. The summed E-state index contributed by atoms with van der Waals surface area (Å²) in [7, 11) is -3.88. The van der Waals surface area contributed by atoms with Crippen LogP contribution < -0.4 is 5.23 Å². The molecule has 1 heterocycles. The standard InChI is InChI=1S/C27H30BNO4S/c1-22-16-18-25(19-17-22)34(30,31)32-21-11-3-2-10-20-28-29-26(23-12-6-4-7-13-23)27(33-28)24-14-8-5-9-15-24/h4-10,12-20,26-27,29H,2-3,11,21H2,1H3/b20-10+/t26-,27+/m1/s1. The summed E-state index contributed by atoms with van der Waals surface area (Å²) in [4.78, 5) is 0.198. The second-order valence-corrected chi connectivity index (χ2v) is 10.1. The molecule has 3 aromatic carbocycles. The van der Waals surface area contributed by atoms with Crippen molar-refractivity contribution in [1.82, 2.24) is 5.23 Å². The van der Waals surface area contributed by atoms with E-state index in [0.717, 1.165) is 24.0 Å². The topological polar surface area (TPSA) is 64.6 Å². The van der Waals surface area contributed by atoms with Gasteiger partial charge in [-0.3, -0.25) is 4.18 Å². The third-order valence-electron chi connectivity index (χ3n) is 5.85. The zero-order chi connectivity index (χ0) is 23.8. The fourth-order valence-corrected chi connectivity index (χ4v) is 4.95. The highest BCUT2D eigenvalue weighted by Gasteiger charge is 2.37. The van der Waals surface area contributed by atoms with Crippen LogP contribution in [0.1, 0.15) is 48.1 Å². The zero-order valence-electron chi connectivity index (χ0n) is 19.3. The van der Waals surface area contributed by atoms with Crippen LogP contribution in [0, 0.1) is 6.92 Å². The van der Waals surface area contributed by atoms with Crippen LogP contribution in [0.5, 0.6) is 0 Å². The van der Waals surface area contributed by atoms with E-state index < -0.39 is 10.1 Å². The fraction of sp³-hybridized carbons (Fsp3) is 0.259. The summed E-state index contributed by atoms with van der Waals surface area (Å²) in [5.74, 6) is 2.04. The van der Waals surface area contributed by atoms with Crippen molar-refractivity contribution >= 4 is 17.2 Å². The number of allylic oxidation sites excluding steroid dienone is 1. The van der Waals surface area contributed by atoms with Crippen molar-refractivity contribution in [2.24, 2.45) is 0 Å². The van der Waals surface area contributed by atoms with Gasteiger partial charge in [0.25, 0.3) is 10.1 Å². The van der Waals surface area contributed by atoms with E-state index in [0.29, 0.717) is 6.42 Å². The Morgan fingerprint density at radius 1 is 0.912 bits per heavy atom. The molecule has 4 rings (SSSR count). The van der Waals surface area contributed by atoms with Crippen LogP contribution in [0.15, 0.2) is 102 Å². The number of hydrogen-bond donors (Lipinski definition) is 1. The summed E-state index contributed by atoms with van der Waals surface area (Å²) in [6, 6.07) is 27.4. The Bertz CT molecular complexity index is 1120. The largest absolute Gasteiger partial charge is 0.409 e. The summed E-state index contributed by atoms with van der Waals surface area (Å²) < 4.78 is 36.0. The van der Waals surface area contributed by atoms with Gasteiger partial charge in [-0.1, -0.05) is 90.4 Å². The summed E-state index contributed by atoms with van der Waals surface area (Å²) in [6.07, 6.45) is 4.33. The Labute approximate surface area is 203 Å². The Morgan fingerprint density at radius 3 is 2.24 bits per heavy atom. The molecule has 0 amide bonds. The van der Waals surface area contributed by atoms with Gasteiger partial charge in [0.1, 0.15) is 0 Å². The summed E-state index contributed by atoms with van der Waals surface area (Å²) >= 11 is 0. The van der Waals surface area contributed by atoms with Crippen molar-refractivity contribution in [2.75, 3.05) is 6.61 Å². The number of nitrogens with one attached hydrogen (secondary N) is 1. The van der Waals surface area contributed by atoms with E-state index in [2.05, 4.69) is 35.6 Å². The molecule has 1 aliphatic heterocycles.